The van der Waals surface area contributed by atoms with Crippen molar-refractivity contribution in [2.75, 3.05) is 6.79 Å². The fourth-order valence-corrected chi connectivity index (χ4v) is 1.94. The van der Waals surface area contributed by atoms with Crippen molar-refractivity contribution in [3.8, 4) is 11.5 Å². The Kier molecular flexibility index (Phi) is 3.32. The van der Waals surface area contributed by atoms with Crippen LogP contribution in [0.5, 0.6) is 11.5 Å². The lowest BCUT2D eigenvalue weighted by Gasteiger charge is -2.09. The molecule has 0 saturated carbocycles. The zero-order valence-corrected chi connectivity index (χ0v) is 10.5. The zero-order chi connectivity index (χ0) is 12.9. The van der Waals surface area contributed by atoms with Crippen LogP contribution >= 0.6 is 0 Å². The van der Waals surface area contributed by atoms with Gasteiger partial charge < -0.3 is 9.47 Å². The van der Waals surface area contributed by atoms with Gasteiger partial charge in [-0.25, -0.2) is 0 Å². The van der Waals surface area contributed by atoms with Crippen LogP contribution in [-0.4, -0.2) is 6.79 Å². The molecule has 3 aromatic carbocycles. The monoisotopic (exact) mass is 250 g/mol. The summed E-state index contributed by atoms with van der Waals surface area (Å²) in [6, 6.07) is 23.9. The fourth-order valence-electron chi connectivity index (χ4n) is 1.94. The van der Waals surface area contributed by atoms with Crippen LogP contribution in [-0.2, 0) is 0 Å². The highest BCUT2D eigenvalue weighted by Crippen LogP contribution is 2.20. The molecule has 2 nitrogen and oxygen atoms in total. The third kappa shape index (κ3) is 2.86. The molecule has 0 aliphatic rings. The normalized spacial score (nSPS) is 10.3. The topological polar surface area (TPSA) is 18.5 Å². The van der Waals surface area contributed by atoms with Gasteiger partial charge >= 0.3 is 0 Å². The molecule has 0 aliphatic carbocycles. The fraction of sp³-hybridized carbons (Fsp3) is 0.0588. The van der Waals surface area contributed by atoms with Crippen molar-refractivity contribution >= 4 is 10.8 Å². The summed E-state index contributed by atoms with van der Waals surface area (Å²) in [5, 5.41) is 2.37. The molecule has 19 heavy (non-hydrogen) atoms. The Balaban J connectivity index is 1.65. The third-order valence-electron chi connectivity index (χ3n) is 2.92. The molecule has 0 aliphatic heterocycles. The second-order valence-electron chi connectivity index (χ2n) is 4.23. The number of hydrogen-bond acceptors (Lipinski definition) is 2. The van der Waals surface area contributed by atoms with Crippen molar-refractivity contribution in [3.63, 3.8) is 0 Å². The van der Waals surface area contributed by atoms with Gasteiger partial charge in [-0.2, -0.15) is 0 Å². The third-order valence-corrected chi connectivity index (χ3v) is 2.92. The summed E-state index contributed by atoms with van der Waals surface area (Å²) in [6.45, 7) is 0.211. The molecule has 0 aromatic heterocycles. The van der Waals surface area contributed by atoms with Gasteiger partial charge in [-0.15, -0.1) is 0 Å². The molecule has 0 fully saturated rings. The van der Waals surface area contributed by atoms with E-state index in [0.717, 1.165) is 11.5 Å². The van der Waals surface area contributed by atoms with Gasteiger partial charge in [0.1, 0.15) is 11.5 Å². The van der Waals surface area contributed by atoms with Gasteiger partial charge in [0.2, 0.25) is 6.79 Å². The lowest BCUT2D eigenvalue weighted by atomic mass is 10.1. The number of ether oxygens (including phenoxy) is 2. The summed E-state index contributed by atoms with van der Waals surface area (Å²) in [5.74, 6) is 1.62. The van der Waals surface area contributed by atoms with Gasteiger partial charge in [0.25, 0.3) is 0 Å². The Morgan fingerprint density at radius 1 is 0.579 bits per heavy atom. The Hall–Kier alpha value is -2.48. The molecular weight excluding hydrogens is 236 g/mol. The standard InChI is InChI=1S/C17H14O2/c1-2-8-16(9-3-1)18-13-19-17-11-10-14-6-4-5-7-15(14)12-17/h1-12H,13H2. The van der Waals surface area contributed by atoms with Crippen LogP contribution in [0.2, 0.25) is 0 Å². The van der Waals surface area contributed by atoms with Gasteiger partial charge in [0.15, 0.2) is 0 Å². The molecular formula is C17H14O2. The number of fused-ring (bicyclic) bond motifs is 1. The van der Waals surface area contributed by atoms with Crippen LogP contribution in [0.25, 0.3) is 10.8 Å². The summed E-state index contributed by atoms with van der Waals surface area (Å²) in [5.41, 5.74) is 0. The highest BCUT2D eigenvalue weighted by atomic mass is 16.7. The van der Waals surface area contributed by atoms with Crippen LogP contribution < -0.4 is 9.47 Å². The summed E-state index contributed by atoms with van der Waals surface area (Å²) >= 11 is 0. The quantitative estimate of drug-likeness (QED) is 0.644. The molecule has 0 heterocycles. The molecule has 2 heteroatoms. The van der Waals surface area contributed by atoms with Crippen LogP contribution in [0.15, 0.2) is 72.8 Å². The van der Waals surface area contributed by atoms with Crippen molar-refractivity contribution in [1.29, 1.82) is 0 Å². The molecule has 3 aromatic rings. The maximum atomic E-state index is 5.60. The van der Waals surface area contributed by atoms with E-state index in [2.05, 4.69) is 12.1 Å². The Bertz CT molecular complexity index is 662. The average molecular weight is 250 g/mol. The molecule has 0 radical (unpaired) electrons. The second kappa shape index (κ2) is 5.44. The predicted molar refractivity (Wildman–Crippen MR) is 76.5 cm³/mol. The lowest BCUT2D eigenvalue weighted by molar-refractivity contribution is 0.120. The van der Waals surface area contributed by atoms with E-state index < -0.39 is 0 Å². The van der Waals surface area contributed by atoms with E-state index in [0.29, 0.717) is 0 Å². The van der Waals surface area contributed by atoms with Gasteiger partial charge in [-0.1, -0.05) is 48.5 Å². The minimum atomic E-state index is 0.211. The molecule has 0 saturated heterocycles. The lowest BCUT2D eigenvalue weighted by Crippen LogP contribution is -2.05. The summed E-state index contributed by atoms with van der Waals surface area (Å²) in [4.78, 5) is 0. The largest absolute Gasteiger partial charge is 0.458 e. The van der Waals surface area contributed by atoms with E-state index in [9.17, 15) is 0 Å². The van der Waals surface area contributed by atoms with Crippen molar-refractivity contribution in [2.24, 2.45) is 0 Å². The second-order valence-corrected chi connectivity index (χ2v) is 4.23. The van der Waals surface area contributed by atoms with Gasteiger partial charge in [-0.3, -0.25) is 0 Å². The molecule has 3 rings (SSSR count). The van der Waals surface area contributed by atoms with Crippen LogP contribution in [0, 0.1) is 0 Å². The van der Waals surface area contributed by atoms with Crippen LogP contribution in [0.3, 0.4) is 0 Å². The van der Waals surface area contributed by atoms with E-state index in [-0.39, 0.29) is 6.79 Å². The first-order valence-corrected chi connectivity index (χ1v) is 6.21. The molecule has 0 bridgehead atoms. The van der Waals surface area contributed by atoms with Crippen LogP contribution in [0.1, 0.15) is 0 Å². The number of para-hydroxylation sites is 1. The van der Waals surface area contributed by atoms with E-state index in [1.54, 1.807) is 0 Å². The zero-order valence-electron chi connectivity index (χ0n) is 10.5. The van der Waals surface area contributed by atoms with Gasteiger partial charge in [-0.05, 0) is 35.0 Å². The maximum absolute atomic E-state index is 5.60. The van der Waals surface area contributed by atoms with Crippen LogP contribution in [0.4, 0.5) is 0 Å². The number of hydrogen-bond donors (Lipinski definition) is 0. The first-order valence-electron chi connectivity index (χ1n) is 6.21. The molecule has 0 unspecified atom stereocenters. The van der Waals surface area contributed by atoms with E-state index >= 15 is 0 Å². The summed E-state index contributed by atoms with van der Waals surface area (Å²) in [7, 11) is 0. The maximum Gasteiger partial charge on any atom is 0.230 e. The molecule has 0 N–H and O–H groups in total. The summed E-state index contributed by atoms with van der Waals surface area (Å²) in [6.07, 6.45) is 0. The van der Waals surface area contributed by atoms with Crippen molar-refractivity contribution in [2.45, 2.75) is 0 Å². The first-order chi connectivity index (χ1) is 9.42. The van der Waals surface area contributed by atoms with Crippen molar-refractivity contribution in [1.82, 2.24) is 0 Å². The van der Waals surface area contributed by atoms with E-state index in [4.69, 9.17) is 9.47 Å². The highest BCUT2D eigenvalue weighted by Gasteiger charge is 1.97. The molecule has 0 spiro atoms. The minimum Gasteiger partial charge on any atom is -0.458 e. The molecule has 94 valence electrons. The summed E-state index contributed by atoms with van der Waals surface area (Å²) < 4.78 is 11.1. The Morgan fingerprint density at radius 2 is 1.26 bits per heavy atom. The van der Waals surface area contributed by atoms with Crippen molar-refractivity contribution in [3.05, 3.63) is 72.8 Å². The number of rotatable bonds is 4. The minimum absolute atomic E-state index is 0.211. The van der Waals surface area contributed by atoms with E-state index in [1.165, 1.54) is 10.8 Å². The van der Waals surface area contributed by atoms with Gasteiger partial charge in [0, 0.05) is 0 Å². The Labute approximate surface area is 112 Å². The molecule has 0 amide bonds. The first kappa shape index (κ1) is 11.6. The SMILES string of the molecule is c1ccc(OCOc2ccc3ccccc3c2)cc1. The van der Waals surface area contributed by atoms with Crippen molar-refractivity contribution < 1.29 is 9.47 Å². The Morgan fingerprint density at radius 3 is 2.11 bits per heavy atom. The average Bonchev–Trinajstić information content (AvgIpc) is 2.48. The molecule has 0 atom stereocenters. The smallest absolute Gasteiger partial charge is 0.230 e. The van der Waals surface area contributed by atoms with Gasteiger partial charge in [0.05, 0.1) is 0 Å². The van der Waals surface area contributed by atoms with E-state index in [1.807, 2.05) is 60.7 Å². The predicted octanol–water partition coefficient (Wildman–Crippen LogP) is 4.26. The number of benzene rings is 3. The highest BCUT2D eigenvalue weighted by molar-refractivity contribution is 5.83.